The van der Waals surface area contributed by atoms with Crippen molar-refractivity contribution in [2.45, 2.75) is 76.7 Å². The molecule has 0 saturated carbocycles. The van der Waals surface area contributed by atoms with Crippen LogP contribution in [0.3, 0.4) is 0 Å². The lowest BCUT2D eigenvalue weighted by Crippen LogP contribution is -2.46. The number of likely N-dealkylation sites (tertiary alicyclic amines) is 1. The minimum absolute atomic E-state index is 0.166. The maximum Gasteiger partial charge on any atom is 0.410 e. The van der Waals surface area contributed by atoms with Crippen molar-refractivity contribution in [1.29, 1.82) is 10.8 Å². The fourth-order valence-electron chi connectivity index (χ4n) is 4.82. The van der Waals surface area contributed by atoms with E-state index in [1.165, 1.54) is 6.21 Å². The summed E-state index contributed by atoms with van der Waals surface area (Å²) in [4.78, 5) is 27.6. The molecule has 2 aliphatic rings. The van der Waals surface area contributed by atoms with Crippen molar-refractivity contribution in [3.8, 4) is 5.88 Å². The number of nitrogens with zero attached hydrogens (tertiary/aromatic N) is 4. The van der Waals surface area contributed by atoms with Crippen molar-refractivity contribution < 1.29 is 19.0 Å². The third kappa shape index (κ3) is 8.32. The molecule has 2 aromatic heterocycles. The quantitative estimate of drug-likeness (QED) is 0.362. The topological polar surface area (TPSA) is 146 Å². The molecule has 1 amide bonds. The van der Waals surface area contributed by atoms with Crippen molar-refractivity contribution >= 4 is 29.9 Å². The second kappa shape index (κ2) is 13.7. The first-order chi connectivity index (χ1) is 19.7. The number of aliphatic imine (C=N–C) groups is 1. The normalized spacial score (nSPS) is 20.3. The molecule has 0 aliphatic carbocycles. The van der Waals surface area contributed by atoms with Gasteiger partial charge in [0.25, 0.3) is 0 Å². The van der Waals surface area contributed by atoms with E-state index >= 15 is 0 Å². The largest absolute Gasteiger partial charge is 0.472 e. The van der Waals surface area contributed by atoms with Crippen LogP contribution in [0.15, 0.2) is 35.5 Å². The third-order valence-corrected chi connectivity index (χ3v) is 6.82. The molecule has 11 nitrogen and oxygen atoms in total. The van der Waals surface area contributed by atoms with Crippen LogP contribution in [0.5, 0.6) is 5.88 Å². The van der Waals surface area contributed by atoms with Crippen LogP contribution >= 0.6 is 0 Å². The molecule has 4 heterocycles. The third-order valence-electron chi connectivity index (χ3n) is 6.82. The summed E-state index contributed by atoms with van der Waals surface area (Å²) in [5.41, 5.74) is 1.93. The second-order valence-corrected chi connectivity index (χ2v) is 11.3. The molecule has 3 N–H and O–H groups in total. The predicted molar refractivity (Wildman–Crippen MR) is 159 cm³/mol. The molecule has 0 bridgehead atoms. The van der Waals surface area contributed by atoms with Gasteiger partial charge in [0, 0.05) is 44.3 Å². The molecule has 0 spiro atoms. The van der Waals surface area contributed by atoms with Gasteiger partial charge >= 0.3 is 6.09 Å². The number of aromatic nitrogens is 2. The number of ether oxygens (including phenoxy) is 3. The molecule has 11 heteroatoms. The van der Waals surface area contributed by atoms with Crippen LogP contribution in [-0.2, 0) is 9.47 Å². The van der Waals surface area contributed by atoms with Gasteiger partial charge in [-0.1, -0.05) is 6.07 Å². The Labute approximate surface area is 241 Å². The zero-order chi connectivity index (χ0) is 29.4. The first kappa shape index (κ1) is 30.1. The monoisotopic (exact) mass is 563 g/mol. The number of pyridine rings is 2. The predicted octanol–water partition coefficient (Wildman–Crippen LogP) is 5.04. The molecule has 2 saturated heterocycles. The fourth-order valence-corrected chi connectivity index (χ4v) is 4.82. The van der Waals surface area contributed by atoms with E-state index in [0.29, 0.717) is 48.2 Å². The summed E-state index contributed by atoms with van der Waals surface area (Å²) in [6, 6.07) is 7.15. The highest BCUT2D eigenvalue weighted by molar-refractivity contribution is 6.13. The molecule has 3 unspecified atom stereocenters. The van der Waals surface area contributed by atoms with Crippen molar-refractivity contribution in [2.24, 2.45) is 4.99 Å². The summed E-state index contributed by atoms with van der Waals surface area (Å²) in [6.07, 6.45) is 8.41. The lowest BCUT2D eigenvalue weighted by Gasteiger charge is -2.34. The van der Waals surface area contributed by atoms with Crippen molar-refractivity contribution in [2.75, 3.05) is 32.1 Å². The number of carbonyl (C=O) groups is 1. The second-order valence-electron chi connectivity index (χ2n) is 11.3. The summed E-state index contributed by atoms with van der Waals surface area (Å²) in [6.45, 7) is 7.27. The van der Waals surface area contributed by atoms with Gasteiger partial charge in [-0.2, -0.15) is 0 Å². The lowest BCUT2D eigenvalue weighted by atomic mass is 10.00. The van der Waals surface area contributed by atoms with Crippen LogP contribution < -0.4 is 10.1 Å². The van der Waals surface area contributed by atoms with Crippen LogP contribution in [0.25, 0.3) is 0 Å². The highest BCUT2D eigenvalue weighted by Gasteiger charge is 2.29. The van der Waals surface area contributed by atoms with Gasteiger partial charge in [0.2, 0.25) is 5.88 Å². The first-order valence-corrected chi connectivity index (χ1v) is 14.2. The summed E-state index contributed by atoms with van der Waals surface area (Å²) in [7, 11) is 1.66. The van der Waals surface area contributed by atoms with Gasteiger partial charge in [-0.25, -0.2) is 9.78 Å². The number of anilines is 1. The van der Waals surface area contributed by atoms with Crippen LogP contribution in [0.4, 0.5) is 10.5 Å². The van der Waals surface area contributed by atoms with E-state index in [1.54, 1.807) is 42.6 Å². The lowest BCUT2D eigenvalue weighted by molar-refractivity contribution is 0.00721. The molecular formula is C30H41N7O4. The van der Waals surface area contributed by atoms with E-state index in [0.717, 1.165) is 32.1 Å². The van der Waals surface area contributed by atoms with E-state index in [1.807, 2.05) is 26.8 Å². The van der Waals surface area contributed by atoms with Crippen LogP contribution in [0.1, 0.15) is 75.7 Å². The molecule has 0 radical (unpaired) electrons. The molecule has 220 valence electrons. The summed E-state index contributed by atoms with van der Waals surface area (Å²) < 4.78 is 17.6. The molecule has 2 fully saturated rings. The standard InChI is InChI=1S/C30H41N7O4/c1-30(2,3)41-29(38)37-13-8-9-21(19-37)40-27-12-7-10-23(35-27)28(32)22-15-24(20(16-31)17-33-4)34-18-25(22)36-26-11-5-6-14-39-26/h7,10,12,15-18,20-21,26,31-32,36H,5-6,8-9,11,13-14,19H2,1-4H3. The van der Waals surface area contributed by atoms with Gasteiger partial charge in [-0.05, 0) is 65.0 Å². The Morgan fingerprint density at radius 2 is 2.10 bits per heavy atom. The minimum Gasteiger partial charge on any atom is -0.472 e. The van der Waals surface area contributed by atoms with Gasteiger partial charge in [-0.15, -0.1) is 0 Å². The smallest absolute Gasteiger partial charge is 0.410 e. The van der Waals surface area contributed by atoms with E-state index < -0.39 is 11.5 Å². The SMILES string of the molecule is CN=CC(C=N)c1cc(C(=N)c2cccc(OC3CCCN(C(=O)OC(C)(C)C)C3)n2)c(NC2CCCCO2)cn1. The highest BCUT2D eigenvalue weighted by Crippen LogP contribution is 2.26. The molecule has 0 aromatic carbocycles. The maximum atomic E-state index is 12.6. The Balaban J connectivity index is 1.55. The van der Waals surface area contributed by atoms with Crippen molar-refractivity contribution in [3.05, 3.63) is 47.4 Å². The average Bonchev–Trinajstić information content (AvgIpc) is 2.96. The van der Waals surface area contributed by atoms with Gasteiger partial charge in [0.15, 0.2) is 0 Å². The van der Waals surface area contributed by atoms with Gasteiger partial charge in [-0.3, -0.25) is 15.4 Å². The number of piperidine rings is 1. The summed E-state index contributed by atoms with van der Waals surface area (Å²) >= 11 is 0. The fraction of sp³-hybridized carbons (Fsp3) is 0.533. The van der Waals surface area contributed by atoms with E-state index in [-0.39, 0.29) is 24.1 Å². The zero-order valence-electron chi connectivity index (χ0n) is 24.4. The van der Waals surface area contributed by atoms with Crippen LogP contribution in [-0.4, -0.2) is 83.8 Å². The van der Waals surface area contributed by atoms with Crippen molar-refractivity contribution in [1.82, 2.24) is 14.9 Å². The molecule has 3 atom stereocenters. The molecule has 41 heavy (non-hydrogen) atoms. The van der Waals surface area contributed by atoms with E-state index in [9.17, 15) is 4.79 Å². The van der Waals surface area contributed by atoms with Gasteiger partial charge in [0.1, 0.15) is 17.9 Å². The number of hydrogen-bond donors (Lipinski definition) is 3. The summed E-state index contributed by atoms with van der Waals surface area (Å²) in [5, 5.41) is 20.4. The number of nitrogens with one attached hydrogen (secondary N) is 3. The average molecular weight is 564 g/mol. The number of hydrogen-bond acceptors (Lipinski definition) is 10. The Morgan fingerprint density at radius 3 is 2.80 bits per heavy atom. The maximum absolute atomic E-state index is 12.6. The Morgan fingerprint density at radius 1 is 1.27 bits per heavy atom. The molecule has 4 rings (SSSR count). The zero-order valence-corrected chi connectivity index (χ0v) is 24.4. The van der Waals surface area contributed by atoms with Gasteiger partial charge in [0.05, 0.1) is 41.4 Å². The Hall–Kier alpha value is -3.86. The van der Waals surface area contributed by atoms with Crippen LogP contribution in [0.2, 0.25) is 0 Å². The first-order valence-electron chi connectivity index (χ1n) is 14.2. The van der Waals surface area contributed by atoms with Gasteiger partial charge < -0.3 is 29.8 Å². The van der Waals surface area contributed by atoms with E-state index in [4.69, 9.17) is 25.0 Å². The molecular weight excluding hydrogens is 522 g/mol. The molecule has 2 aliphatic heterocycles. The Kier molecular flexibility index (Phi) is 10.0. The van der Waals surface area contributed by atoms with Crippen molar-refractivity contribution in [3.63, 3.8) is 0 Å². The Bertz CT molecular complexity index is 1250. The number of carbonyl (C=O) groups excluding carboxylic acids is 1. The minimum atomic E-state index is -0.563. The van der Waals surface area contributed by atoms with E-state index in [2.05, 4.69) is 20.3 Å². The number of rotatable bonds is 9. The molecule has 2 aromatic rings. The van der Waals surface area contributed by atoms with Crippen LogP contribution in [0, 0.1) is 10.8 Å². The number of amides is 1. The summed E-state index contributed by atoms with van der Waals surface area (Å²) in [5.74, 6) is -0.0217. The highest BCUT2D eigenvalue weighted by atomic mass is 16.6.